The molecule has 1 saturated heterocycles. The molecule has 2 atom stereocenters. The maximum absolute atomic E-state index is 12.5. The molecule has 13 heavy (non-hydrogen) atoms. The third-order valence-corrected chi connectivity index (χ3v) is 2.76. The number of alkyl halides is 3. The van der Waals surface area contributed by atoms with Crippen molar-refractivity contribution in [2.75, 3.05) is 13.1 Å². The zero-order chi connectivity index (χ0) is 10.1. The van der Waals surface area contributed by atoms with Gasteiger partial charge in [-0.2, -0.15) is 13.2 Å². The first-order valence-corrected chi connectivity index (χ1v) is 4.76. The van der Waals surface area contributed by atoms with E-state index in [4.69, 9.17) is 0 Å². The van der Waals surface area contributed by atoms with E-state index in [-0.39, 0.29) is 12.3 Å². The summed E-state index contributed by atoms with van der Waals surface area (Å²) in [5.41, 5.74) is 0. The first kappa shape index (κ1) is 10.8. The highest BCUT2D eigenvalue weighted by atomic mass is 19.4. The molecular weight excluding hydrogens is 179 g/mol. The van der Waals surface area contributed by atoms with Crippen LogP contribution in [0.1, 0.15) is 26.7 Å². The minimum atomic E-state index is -4.05. The molecule has 1 fully saturated rings. The molecule has 4 heteroatoms. The molecule has 0 saturated carbocycles. The molecule has 0 spiro atoms. The lowest BCUT2D eigenvalue weighted by molar-refractivity contribution is -0.194. The molecule has 0 aromatic rings. The SMILES string of the molecule is CCN1CCC(C)CC1C(F)(F)F. The largest absolute Gasteiger partial charge is 0.404 e. The van der Waals surface area contributed by atoms with Gasteiger partial charge in [0.2, 0.25) is 0 Å². The predicted molar refractivity (Wildman–Crippen MR) is 45.5 cm³/mol. The lowest BCUT2D eigenvalue weighted by atomic mass is 9.92. The van der Waals surface area contributed by atoms with E-state index in [1.165, 1.54) is 4.90 Å². The molecule has 0 aromatic heterocycles. The first-order valence-electron chi connectivity index (χ1n) is 4.76. The zero-order valence-corrected chi connectivity index (χ0v) is 8.06. The van der Waals surface area contributed by atoms with Crippen molar-refractivity contribution in [3.05, 3.63) is 0 Å². The van der Waals surface area contributed by atoms with Crippen LogP contribution in [0.3, 0.4) is 0 Å². The third kappa shape index (κ3) is 2.59. The fraction of sp³-hybridized carbons (Fsp3) is 1.00. The molecule has 1 aliphatic heterocycles. The van der Waals surface area contributed by atoms with Crippen LogP contribution in [0.2, 0.25) is 0 Å². The van der Waals surface area contributed by atoms with Gasteiger partial charge in [-0.3, -0.25) is 4.90 Å². The first-order chi connectivity index (χ1) is 5.95. The fourth-order valence-electron chi connectivity index (χ4n) is 1.91. The average molecular weight is 195 g/mol. The van der Waals surface area contributed by atoms with Crippen LogP contribution in [0, 0.1) is 5.92 Å². The van der Waals surface area contributed by atoms with E-state index in [1.807, 2.05) is 6.92 Å². The highest BCUT2D eigenvalue weighted by Gasteiger charge is 2.45. The Hall–Kier alpha value is -0.250. The fourth-order valence-corrected chi connectivity index (χ4v) is 1.91. The van der Waals surface area contributed by atoms with Gasteiger partial charge in [0, 0.05) is 0 Å². The van der Waals surface area contributed by atoms with Crippen molar-refractivity contribution in [2.45, 2.75) is 38.9 Å². The van der Waals surface area contributed by atoms with Crippen LogP contribution in [-0.4, -0.2) is 30.2 Å². The summed E-state index contributed by atoms with van der Waals surface area (Å²) >= 11 is 0. The number of rotatable bonds is 1. The van der Waals surface area contributed by atoms with E-state index in [0.29, 0.717) is 13.1 Å². The Morgan fingerprint density at radius 1 is 1.38 bits per heavy atom. The molecule has 0 N–H and O–H groups in total. The summed E-state index contributed by atoms with van der Waals surface area (Å²) in [5, 5.41) is 0. The molecule has 1 rings (SSSR count). The standard InChI is InChI=1S/C9H16F3N/c1-3-13-5-4-7(2)6-8(13)9(10,11)12/h7-8H,3-6H2,1-2H3. The van der Waals surface area contributed by atoms with Crippen molar-refractivity contribution >= 4 is 0 Å². The maximum atomic E-state index is 12.5. The second-order valence-electron chi connectivity index (χ2n) is 3.82. The Kier molecular flexibility index (Phi) is 3.22. The molecule has 0 radical (unpaired) electrons. The molecule has 0 aliphatic carbocycles. The van der Waals surface area contributed by atoms with Gasteiger partial charge in [0.15, 0.2) is 0 Å². The minimum absolute atomic E-state index is 0.203. The number of hydrogen-bond donors (Lipinski definition) is 0. The minimum Gasteiger partial charge on any atom is -0.293 e. The number of likely N-dealkylation sites (tertiary alicyclic amines) is 1. The Morgan fingerprint density at radius 2 is 2.00 bits per heavy atom. The van der Waals surface area contributed by atoms with E-state index in [9.17, 15) is 13.2 Å². The highest BCUT2D eigenvalue weighted by molar-refractivity contribution is 4.84. The van der Waals surface area contributed by atoms with Gasteiger partial charge in [-0.15, -0.1) is 0 Å². The van der Waals surface area contributed by atoms with Gasteiger partial charge in [-0.25, -0.2) is 0 Å². The van der Waals surface area contributed by atoms with Crippen LogP contribution in [0.5, 0.6) is 0 Å². The van der Waals surface area contributed by atoms with Crippen molar-refractivity contribution in [2.24, 2.45) is 5.92 Å². The topological polar surface area (TPSA) is 3.24 Å². The molecule has 1 aliphatic rings. The Balaban J connectivity index is 2.65. The quantitative estimate of drug-likeness (QED) is 0.621. The third-order valence-electron chi connectivity index (χ3n) is 2.76. The van der Waals surface area contributed by atoms with E-state index in [2.05, 4.69) is 0 Å². The smallest absolute Gasteiger partial charge is 0.293 e. The van der Waals surface area contributed by atoms with Crippen LogP contribution >= 0.6 is 0 Å². The second-order valence-corrected chi connectivity index (χ2v) is 3.82. The van der Waals surface area contributed by atoms with E-state index in [0.717, 1.165) is 6.42 Å². The van der Waals surface area contributed by atoms with Crippen molar-refractivity contribution < 1.29 is 13.2 Å². The summed E-state index contributed by atoms with van der Waals surface area (Å²) in [7, 11) is 0. The molecule has 78 valence electrons. The van der Waals surface area contributed by atoms with Crippen LogP contribution in [-0.2, 0) is 0 Å². The van der Waals surface area contributed by atoms with Gasteiger partial charge >= 0.3 is 6.18 Å². The van der Waals surface area contributed by atoms with Crippen LogP contribution < -0.4 is 0 Å². The van der Waals surface area contributed by atoms with E-state index < -0.39 is 12.2 Å². The average Bonchev–Trinajstić information content (AvgIpc) is 2.03. The van der Waals surface area contributed by atoms with Crippen molar-refractivity contribution in [3.63, 3.8) is 0 Å². The number of halogens is 3. The van der Waals surface area contributed by atoms with Gasteiger partial charge < -0.3 is 0 Å². The number of hydrogen-bond acceptors (Lipinski definition) is 1. The molecule has 1 nitrogen and oxygen atoms in total. The lowest BCUT2D eigenvalue weighted by Crippen LogP contribution is -2.50. The monoisotopic (exact) mass is 195 g/mol. The summed E-state index contributed by atoms with van der Waals surface area (Å²) in [5.74, 6) is 0.203. The lowest BCUT2D eigenvalue weighted by Gasteiger charge is -2.38. The van der Waals surface area contributed by atoms with Crippen LogP contribution in [0.15, 0.2) is 0 Å². The van der Waals surface area contributed by atoms with E-state index in [1.54, 1.807) is 6.92 Å². The van der Waals surface area contributed by atoms with Crippen LogP contribution in [0.25, 0.3) is 0 Å². The Bertz CT molecular complexity index is 167. The molecule has 0 bridgehead atoms. The highest BCUT2D eigenvalue weighted by Crippen LogP contribution is 2.33. The van der Waals surface area contributed by atoms with Gasteiger partial charge in [0.25, 0.3) is 0 Å². The normalized spacial score (nSPS) is 32.1. The van der Waals surface area contributed by atoms with Gasteiger partial charge in [-0.1, -0.05) is 13.8 Å². The van der Waals surface area contributed by atoms with E-state index >= 15 is 0 Å². The molecular formula is C9H16F3N. The number of piperidine rings is 1. The van der Waals surface area contributed by atoms with Crippen molar-refractivity contribution in [1.82, 2.24) is 4.90 Å². The van der Waals surface area contributed by atoms with Crippen molar-refractivity contribution in [3.8, 4) is 0 Å². The summed E-state index contributed by atoms with van der Waals surface area (Å²) in [4.78, 5) is 1.53. The molecule has 0 amide bonds. The van der Waals surface area contributed by atoms with Crippen molar-refractivity contribution in [1.29, 1.82) is 0 Å². The second kappa shape index (κ2) is 3.86. The van der Waals surface area contributed by atoms with Gasteiger partial charge in [0.1, 0.15) is 6.04 Å². The Labute approximate surface area is 76.9 Å². The molecule has 1 heterocycles. The summed E-state index contributed by atoms with van der Waals surface area (Å²) in [6.45, 7) is 4.76. The Morgan fingerprint density at radius 3 is 2.46 bits per heavy atom. The number of nitrogens with zero attached hydrogens (tertiary/aromatic N) is 1. The summed E-state index contributed by atoms with van der Waals surface area (Å²) in [6.07, 6.45) is -2.90. The maximum Gasteiger partial charge on any atom is 0.404 e. The summed E-state index contributed by atoms with van der Waals surface area (Å²) < 4.78 is 37.5. The molecule has 0 aromatic carbocycles. The zero-order valence-electron chi connectivity index (χ0n) is 8.06. The van der Waals surface area contributed by atoms with Gasteiger partial charge in [0.05, 0.1) is 0 Å². The predicted octanol–water partition coefficient (Wildman–Crippen LogP) is 2.67. The summed E-state index contributed by atoms with van der Waals surface area (Å²) in [6, 6.07) is -1.21. The van der Waals surface area contributed by atoms with Gasteiger partial charge in [-0.05, 0) is 31.8 Å². The van der Waals surface area contributed by atoms with Crippen LogP contribution in [0.4, 0.5) is 13.2 Å². The molecule has 2 unspecified atom stereocenters.